The molecule has 3 amide bonds. The fraction of sp³-hybridized carbons (Fsp3) is 0.280. The molecule has 1 atom stereocenters. The van der Waals surface area contributed by atoms with Crippen LogP contribution in [0, 0.1) is 0 Å². The van der Waals surface area contributed by atoms with E-state index in [0.717, 1.165) is 16.9 Å². The van der Waals surface area contributed by atoms with E-state index in [1.807, 2.05) is 30.3 Å². The highest BCUT2D eigenvalue weighted by Crippen LogP contribution is 2.31. The lowest BCUT2D eigenvalue weighted by Crippen LogP contribution is -2.45. The smallest absolute Gasteiger partial charge is 0.412 e. The monoisotopic (exact) mass is 591 g/mol. The number of carbonyl (C=O) groups excluding carboxylic acids is 3. The van der Waals surface area contributed by atoms with E-state index in [4.69, 9.17) is 9.29 Å². The number of thiazole rings is 1. The summed E-state index contributed by atoms with van der Waals surface area (Å²) in [5.41, 5.74) is 1.59. The molecule has 1 heterocycles. The average molecular weight is 592 g/mol. The average Bonchev–Trinajstić information content (AvgIpc) is 3.28. The molecule has 0 fully saturated rings. The van der Waals surface area contributed by atoms with Gasteiger partial charge in [-0.05, 0) is 30.5 Å². The first-order valence-corrected chi connectivity index (χ1v) is 14.3. The first-order chi connectivity index (χ1) is 19.1. The van der Waals surface area contributed by atoms with E-state index in [1.165, 1.54) is 13.2 Å². The molecule has 5 N–H and O–H groups in total. The van der Waals surface area contributed by atoms with Gasteiger partial charge in [0.25, 0.3) is 0 Å². The van der Waals surface area contributed by atoms with Crippen molar-refractivity contribution in [2.75, 3.05) is 29.1 Å². The lowest BCUT2D eigenvalue weighted by atomic mass is 10.1. The minimum atomic E-state index is -4.47. The molecular weight excluding hydrogens is 562 g/mol. The van der Waals surface area contributed by atoms with Crippen molar-refractivity contribution in [1.82, 2.24) is 10.3 Å². The number of rotatable bonds is 12. The molecular formula is C25H29N5O8S2. The Bertz CT molecular complexity index is 1430. The summed E-state index contributed by atoms with van der Waals surface area (Å²) in [6.07, 6.45) is -0.769. The van der Waals surface area contributed by atoms with E-state index in [9.17, 15) is 22.8 Å². The Morgan fingerprint density at radius 2 is 1.70 bits per heavy atom. The van der Waals surface area contributed by atoms with Gasteiger partial charge in [0.1, 0.15) is 11.0 Å². The van der Waals surface area contributed by atoms with Gasteiger partial charge in [-0.2, -0.15) is 8.42 Å². The molecule has 3 aromatic rings. The normalized spacial score (nSPS) is 11.7. The first kappa shape index (κ1) is 30.3. The van der Waals surface area contributed by atoms with E-state index in [2.05, 4.69) is 30.4 Å². The zero-order valence-corrected chi connectivity index (χ0v) is 23.3. The van der Waals surface area contributed by atoms with E-state index >= 15 is 0 Å². The van der Waals surface area contributed by atoms with Gasteiger partial charge in [0.05, 0.1) is 24.4 Å². The summed E-state index contributed by atoms with van der Waals surface area (Å²) in [6.45, 7) is 1.75. The molecule has 214 valence electrons. The number of anilines is 3. The Morgan fingerprint density at radius 1 is 1.00 bits per heavy atom. The maximum absolute atomic E-state index is 13.3. The number of benzene rings is 2. The second-order valence-electron chi connectivity index (χ2n) is 8.23. The summed E-state index contributed by atoms with van der Waals surface area (Å²) in [4.78, 5) is 41.7. The largest absolute Gasteiger partial charge is 0.453 e. The number of para-hydroxylation sites is 1. The third-order valence-electron chi connectivity index (χ3n) is 5.35. The number of hydrogen-bond donors (Lipinski definition) is 5. The van der Waals surface area contributed by atoms with Gasteiger partial charge in [0.2, 0.25) is 5.91 Å². The zero-order chi connectivity index (χ0) is 29.1. The maximum Gasteiger partial charge on any atom is 0.412 e. The molecule has 0 aliphatic heterocycles. The number of hydrogen-bond acceptors (Lipinski definition) is 9. The summed E-state index contributed by atoms with van der Waals surface area (Å²) in [5.74, 6) is -0.522. The highest BCUT2D eigenvalue weighted by molar-refractivity contribution is 7.87. The molecule has 40 heavy (non-hydrogen) atoms. The summed E-state index contributed by atoms with van der Waals surface area (Å²) in [5, 5.41) is 8.46. The number of nitrogens with zero attached hydrogens (tertiary/aromatic N) is 1. The van der Waals surface area contributed by atoms with Crippen molar-refractivity contribution in [1.29, 1.82) is 0 Å². The molecule has 0 unspecified atom stereocenters. The van der Waals surface area contributed by atoms with Gasteiger partial charge in [-0.25, -0.2) is 14.6 Å². The standard InChI is InChI=1S/C25H29N5O8S2/c1-3-38-25(33)28-21-23(29-22(31)19(26-24(32)37-2)15-16-9-5-4-6-10-16)39-20(27-21)14-13-17-11-7-8-12-18(17)30-40(34,35)36/h4-12,19,30H,3,13-15H2,1-2H3,(H,26,32)(H,28,33)(H,29,31)(H,34,35,36)/t19-/m0/s1. The van der Waals surface area contributed by atoms with Crippen LogP contribution in [0.25, 0.3) is 0 Å². The first-order valence-electron chi connectivity index (χ1n) is 12.0. The third-order valence-corrected chi connectivity index (χ3v) is 6.85. The number of ether oxygens (including phenoxy) is 2. The predicted octanol–water partition coefficient (Wildman–Crippen LogP) is 3.62. The molecule has 1 aromatic heterocycles. The van der Waals surface area contributed by atoms with Crippen LogP contribution < -0.4 is 20.7 Å². The highest BCUT2D eigenvalue weighted by Gasteiger charge is 2.25. The van der Waals surface area contributed by atoms with Crippen molar-refractivity contribution in [3.63, 3.8) is 0 Å². The number of methoxy groups -OCH3 is 1. The number of aryl methyl sites for hydroxylation is 2. The SMILES string of the molecule is CCOC(=O)Nc1nc(CCc2ccccc2NS(=O)(=O)O)sc1NC(=O)[C@H](Cc1ccccc1)NC(=O)OC. The Balaban J connectivity index is 1.83. The van der Waals surface area contributed by atoms with Crippen molar-refractivity contribution < 1.29 is 36.8 Å². The number of amides is 3. The third kappa shape index (κ3) is 9.52. The lowest BCUT2D eigenvalue weighted by molar-refractivity contribution is -0.118. The zero-order valence-electron chi connectivity index (χ0n) is 21.7. The Hall–Kier alpha value is -4.21. The molecule has 0 saturated carbocycles. The van der Waals surface area contributed by atoms with E-state index in [1.54, 1.807) is 25.1 Å². The molecule has 0 bridgehead atoms. The van der Waals surface area contributed by atoms with Crippen LogP contribution in [-0.4, -0.2) is 55.8 Å². The number of alkyl carbamates (subject to hydrolysis) is 1. The lowest BCUT2D eigenvalue weighted by Gasteiger charge is -2.17. The van der Waals surface area contributed by atoms with Crippen molar-refractivity contribution in [2.24, 2.45) is 0 Å². The second kappa shape index (κ2) is 14.3. The molecule has 15 heteroatoms. The second-order valence-corrected chi connectivity index (χ2v) is 10.5. The van der Waals surface area contributed by atoms with Crippen molar-refractivity contribution >= 4 is 56.2 Å². The van der Waals surface area contributed by atoms with Crippen LogP contribution in [0.2, 0.25) is 0 Å². The summed E-state index contributed by atoms with van der Waals surface area (Å²) in [7, 11) is -3.28. The Morgan fingerprint density at radius 3 is 2.38 bits per heavy atom. The van der Waals surface area contributed by atoms with E-state index in [-0.39, 0.29) is 29.5 Å². The predicted molar refractivity (Wildman–Crippen MR) is 150 cm³/mol. The van der Waals surface area contributed by atoms with Crippen LogP contribution in [0.15, 0.2) is 54.6 Å². The minimum Gasteiger partial charge on any atom is -0.453 e. The molecule has 0 saturated heterocycles. The molecule has 3 rings (SSSR count). The van der Waals surface area contributed by atoms with Gasteiger partial charge in [0.15, 0.2) is 5.82 Å². The van der Waals surface area contributed by atoms with Crippen LogP contribution >= 0.6 is 11.3 Å². The molecule has 0 aliphatic rings. The number of nitrogens with one attached hydrogen (secondary N) is 4. The molecule has 0 aliphatic carbocycles. The van der Waals surface area contributed by atoms with Crippen LogP contribution in [0.5, 0.6) is 0 Å². The Kier molecular flexibility index (Phi) is 10.8. The van der Waals surface area contributed by atoms with E-state index in [0.29, 0.717) is 23.4 Å². The fourth-order valence-corrected chi connectivity index (χ4v) is 4.98. The van der Waals surface area contributed by atoms with Crippen LogP contribution in [-0.2, 0) is 43.8 Å². The van der Waals surface area contributed by atoms with Crippen LogP contribution in [0.4, 0.5) is 26.1 Å². The molecule has 2 aromatic carbocycles. The molecule has 13 nitrogen and oxygen atoms in total. The highest BCUT2D eigenvalue weighted by atomic mass is 32.2. The quantitative estimate of drug-likeness (QED) is 0.196. The summed E-state index contributed by atoms with van der Waals surface area (Å²) < 4.78 is 43.4. The van der Waals surface area contributed by atoms with Crippen molar-refractivity contribution in [3.05, 3.63) is 70.7 Å². The van der Waals surface area contributed by atoms with Gasteiger partial charge in [-0.1, -0.05) is 59.9 Å². The van der Waals surface area contributed by atoms with Gasteiger partial charge in [-0.15, -0.1) is 0 Å². The summed E-state index contributed by atoms with van der Waals surface area (Å²) in [6, 6.07) is 14.6. The van der Waals surface area contributed by atoms with Gasteiger partial charge in [0, 0.05) is 12.8 Å². The number of aromatic nitrogens is 1. The van der Waals surface area contributed by atoms with Crippen LogP contribution in [0.3, 0.4) is 0 Å². The topological polar surface area (TPSA) is 185 Å². The van der Waals surface area contributed by atoms with Crippen molar-refractivity contribution in [3.8, 4) is 0 Å². The molecule has 0 radical (unpaired) electrons. The van der Waals surface area contributed by atoms with Gasteiger partial charge in [-0.3, -0.25) is 19.4 Å². The van der Waals surface area contributed by atoms with E-state index < -0.39 is 34.4 Å². The van der Waals surface area contributed by atoms with Crippen molar-refractivity contribution in [2.45, 2.75) is 32.2 Å². The molecule has 0 spiro atoms. The van der Waals surface area contributed by atoms with Gasteiger partial charge >= 0.3 is 22.5 Å². The minimum absolute atomic E-state index is 0.0488. The van der Waals surface area contributed by atoms with Crippen LogP contribution in [0.1, 0.15) is 23.1 Å². The fourth-order valence-electron chi connectivity index (χ4n) is 3.58. The number of carbonyl (C=O) groups is 3. The summed E-state index contributed by atoms with van der Waals surface area (Å²) >= 11 is 1.09. The Labute approximate surface area is 235 Å². The van der Waals surface area contributed by atoms with Gasteiger partial charge < -0.3 is 20.1 Å². The maximum atomic E-state index is 13.3.